The largest absolute Gasteiger partial charge is 0.508 e. The van der Waals surface area contributed by atoms with Gasteiger partial charge in [-0.1, -0.05) is 80.5 Å². The highest BCUT2D eigenvalue weighted by atomic mass is 16.3. The Morgan fingerprint density at radius 3 is 0.800 bits per heavy atom. The zero-order valence-corrected chi connectivity index (χ0v) is 29.7. The second kappa shape index (κ2) is 12.2. The number of phenols is 3. The first-order valence-electron chi connectivity index (χ1n) is 16.2. The van der Waals surface area contributed by atoms with Gasteiger partial charge in [0.2, 0.25) is 0 Å². The molecule has 4 aromatic carbocycles. The molecule has 0 radical (unpaired) electrons. The molecule has 3 heteroatoms. The van der Waals surface area contributed by atoms with E-state index in [0.29, 0.717) is 36.5 Å². The molecule has 0 aliphatic carbocycles. The van der Waals surface area contributed by atoms with Crippen LogP contribution in [0, 0.1) is 20.8 Å². The van der Waals surface area contributed by atoms with E-state index >= 15 is 0 Å². The normalized spacial score (nSPS) is 12.5. The maximum atomic E-state index is 10.7. The van der Waals surface area contributed by atoms with Gasteiger partial charge in [-0.2, -0.15) is 0 Å². The van der Waals surface area contributed by atoms with Crippen molar-refractivity contribution in [3.05, 3.63) is 121 Å². The number of aromatic hydroxyl groups is 3. The van der Waals surface area contributed by atoms with Gasteiger partial charge in [0, 0.05) is 0 Å². The van der Waals surface area contributed by atoms with Crippen molar-refractivity contribution in [2.45, 2.75) is 119 Å². The number of hydrogen-bond acceptors (Lipinski definition) is 3. The maximum absolute atomic E-state index is 10.7. The SMILES string of the molecule is Cc1c(Cc2cc(O)cc(C(C)(C)C)c2)c(C)c(Cc2cc(O)cc(C(C)(C)C)c2)c(C)c1Cc1cc(O)cc(C(C)(C)C)c1. The van der Waals surface area contributed by atoms with Crippen LogP contribution < -0.4 is 0 Å². The van der Waals surface area contributed by atoms with Crippen molar-refractivity contribution >= 4 is 0 Å². The first-order chi connectivity index (χ1) is 20.6. The summed E-state index contributed by atoms with van der Waals surface area (Å²) in [7, 11) is 0. The van der Waals surface area contributed by atoms with E-state index in [4.69, 9.17) is 0 Å². The Morgan fingerprint density at radius 2 is 0.600 bits per heavy atom. The van der Waals surface area contributed by atoms with Crippen LogP contribution in [0.4, 0.5) is 0 Å². The summed E-state index contributed by atoms with van der Waals surface area (Å²) < 4.78 is 0. The smallest absolute Gasteiger partial charge is 0.116 e. The van der Waals surface area contributed by atoms with Crippen LogP contribution in [0.15, 0.2) is 54.6 Å². The Bertz CT molecular complexity index is 1490. The second-order valence-electron chi connectivity index (χ2n) is 16.3. The van der Waals surface area contributed by atoms with Crippen molar-refractivity contribution in [3.8, 4) is 17.2 Å². The van der Waals surface area contributed by atoms with Crippen LogP contribution in [0.25, 0.3) is 0 Å². The van der Waals surface area contributed by atoms with Gasteiger partial charge in [0.15, 0.2) is 0 Å². The van der Waals surface area contributed by atoms with Gasteiger partial charge in [0.1, 0.15) is 17.2 Å². The van der Waals surface area contributed by atoms with Crippen LogP contribution in [-0.4, -0.2) is 15.3 Å². The van der Waals surface area contributed by atoms with Crippen LogP contribution in [0.3, 0.4) is 0 Å². The molecule has 3 nitrogen and oxygen atoms in total. The number of benzene rings is 4. The molecular weight excluding hydrogens is 552 g/mol. The summed E-state index contributed by atoms with van der Waals surface area (Å²) in [6.07, 6.45) is 2.11. The Kier molecular flexibility index (Phi) is 9.29. The van der Waals surface area contributed by atoms with Crippen LogP contribution in [0.5, 0.6) is 17.2 Å². The second-order valence-corrected chi connectivity index (χ2v) is 16.3. The summed E-state index contributed by atoms with van der Waals surface area (Å²) in [5, 5.41) is 32.1. The minimum absolute atomic E-state index is 0.0820. The number of phenolic OH excluding ortho intramolecular Hbond substituents is 3. The molecule has 4 aromatic rings. The van der Waals surface area contributed by atoms with E-state index in [0.717, 1.165) is 33.4 Å². The lowest BCUT2D eigenvalue weighted by atomic mass is 9.79. The molecule has 4 rings (SSSR count). The maximum Gasteiger partial charge on any atom is 0.116 e. The molecule has 0 amide bonds. The van der Waals surface area contributed by atoms with E-state index < -0.39 is 0 Å². The average molecular weight is 607 g/mol. The minimum atomic E-state index is -0.0820. The van der Waals surface area contributed by atoms with E-state index in [2.05, 4.69) is 101 Å². The number of rotatable bonds is 6. The van der Waals surface area contributed by atoms with Gasteiger partial charge in [0.05, 0.1) is 0 Å². The predicted molar refractivity (Wildman–Crippen MR) is 189 cm³/mol. The van der Waals surface area contributed by atoms with Crippen molar-refractivity contribution in [1.82, 2.24) is 0 Å². The summed E-state index contributed by atoms with van der Waals surface area (Å²) in [6.45, 7) is 26.2. The quantitative estimate of drug-likeness (QED) is 0.205. The Labute approximate surface area is 272 Å². The highest BCUT2D eigenvalue weighted by molar-refractivity contribution is 5.56. The zero-order valence-electron chi connectivity index (χ0n) is 29.7. The molecule has 0 saturated carbocycles. The molecule has 3 N–H and O–H groups in total. The van der Waals surface area contributed by atoms with Crippen LogP contribution in [0.2, 0.25) is 0 Å². The molecule has 0 unspecified atom stereocenters. The molecule has 45 heavy (non-hydrogen) atoms. The minimum Gasteiger partial charge on any atom is -0.508 e. The van der Waals surface area contributed by atoms with Crippen molar-refractivity contribution in [2.24, 2.45) is 0 Å². The molecule has 0 aliphatic rings. The van der Waals surface area contributed by atoms with Gasteiger partial charge >= 0.3 is 0 Å². The third kappa shape index (κ3) is 7.93. The average Bonchev–Trinajstić information content (AvgIpc) is 2.89. The molecule has 0 spiro atoms. The monoisotopic (exact) mass is 606 g/mol. The van der Waals surface area contributed by atoms with Gasteiger partial charge in [-0.25, -0.2) is 0 Å². The molecule has 0 heterocycles. The Morgan fingerprint density at radius 1 is 0.378 bits per heavy atom. The molecule has 0 aliphatic heterocycles. The van der Waals surface area contributed by atoms with Gasteiger partial charge in [0.25, 0.3) is 0 Å². The van der Waals surface area contributed by atoms with E-state index in [1.807, 2.05) is 36.4 Å². The fourth-order valence-electron chi connectivity index (χ4n) is 6.43. The van der Waals surface area contributed by atoms with Gasteiger partial charge < -0.3 is 15.3 Å². The van der Waals surface area contributed by atoms with Crippen molar-refractivity contribution in [2.75, 3.05) is 0 Å². The molecule has 0 saturated heterocycles. The fraction of sp³-hybridized carbons (Fsp3) is 0.429. The first-order valence-corrected chi connectivity index (χ1v) is 16.2. The van der Waals surface area contributed by atoms with Crippen molar-refractivity contribution < 1.29 is 15.3 Å². The first kappa shape index (κ1) is 34.2. The summed E-state index contributed by atoms with van der Waals surface area (Å²) in [5.41, 5.74) is 13.9. The predicted octanol–water partition coefficient (Wildman–Crippen LogP) is 10.4. The third-order valence-corrected chi connectivity index (χ3v) is 9.39. The van der Waals surface area contributed by atoms with Crippen molar-refractivity contribution in [3.63, 3.8) is 0 Å². The fourth-order valence-corrected chi connectivity index (χ4v) is 6.43. The molecule has 0 atom stereocenters. The standard InChI is InChI=1S/C42H54O3/c1-25-37(19-28-13-31(40(4,5)6)22-34(43)16-28)26(2)39(21-30-15-33(42(10,11)12)24-36(45)18-30)27(3)38(25)20-29-14-32(41(7,8)9)23-35(44)17-29/h13-18,22-24,43-45H,19-21H2,1-12H3. The molecule has 0 fully saturated rings. The van der Waals surface area contributed by atoms with E-state index in [-0.39, 0.29) is 16.2 Å². The lowest BCUT2D eigenvalue weighted by Crippen LogP contribution is -2.14. The van der Waals surface area contributed by atoms with E-state index in [9.17, 15) is 15.3 Å². The molecule has 0 aromatic heterocycles. The van der Waals surface area contributed by atoms with Crippen LogP contribution >= 0.6 is 0 Å². The third-order valence-electron chi connectivity index (χ3n) is 9.39. The highest BCUT2D eigenvalue weighted by Gasteiger charge is 2.23. The van der Waals surface area contributed by atoms with Gasteiger partial charge in [-0.3, -0.25) is 0 Å². The van der Waals surface area contributed by atoms with Crippen LogP contribution in [-0.2, 0) is 35.5 Å². The highest BCUT2D eigenvalue weighted by Crippen LogP contribution is 2.37. The Hall–Kier alpha value is -3.72. The van der Waals surface area contributed by atoms with E-state index in [1.165, 1.54) is 33.4 Å². The van der Waals surface area contributed by atoms with Gasteiger partial charge in [-0.15, -0.1) is 0 Å². The van der Waals surface area contributed by atoms with Crippen LogP contribution in [0.1, 0.15) is 129 Å². The van der Waals surface area contributed by atoms with Gasteiger partial charge in [-0.05, 0) is 159 Å². The number of hydrogen-bond donors (Lipinski definition) is 3. The summed E-state index contributed by atoms with van der Waals surface area (Å²) >= 11 is 0. The molecular formula is C42H54O3. The Balaban J connectivity index is 1.93. The zero-order chi connectivity index (χ0) is 33.6. The summed E-state index contributed by atoms with van der Waals surface area (Å²) in [6, 6.07) is 18.0. The summed E-state index contributed by atoms with van der Waals surface area (Å²) in [4.78, 5) is 0. The van der Waals surface area contributed by atoms with E-state index in [1.54, 1.807) is 0 Å². The summed E-state index contributed by atoms with van der Waals surface area (Å²) in [5.74, 6) is 0.887. The lowest BCUT2D eigenvalue weighted by molar-refractivity contribution is 0.470. The molecule has 0 bridgehead atoms. The lowest BCUT2D eigenvalue weighted by Gasteiger charge is -2.25. The molecule has 240 valence electrons. The topological polar surface area (TPSA) is 60.7 Å². The van der Waals surface area contributed by atoms with Crippen molar-refractivity contribution in [1.29, 1.82) is 0 Å².